The Bertz CT molecular complexity index is 988. The topological polar surface area (TPSA) is 67.5 Å². The van der Waals surface area contributed by atoms with Crippen molar-refractivity contribution in [1.82, 2.24) is 14.9 Å². The van der Waals surface area contributed by atoms with E-state index in [0.717, 1.165) is 16.6 Å². The number of hydrogen-bond acceptors (Lipinski definition) is 4. The van der Waals surface area contributed by atoms with E-state index in [0.29, 0.717) is 23.1 Å². The lowest BCUT2D eigenvalue weighted by atomic mass is 10.1. The number of para-hydroxylation sites is 2. The molecule has 1 aliphatic heterocycles. The zero-order valence-electron chi connectivity index (χ0n) is 13.2. The molecule has 0 saturated carbocycles. The third kappa shape index (κ3) is 2.11. The van der Waals surface area contributed by atoms with Crippen LogP contribution in [0.3, 0.4) is 0 Å². The smallest absolute Gasteiger partial charge is 0.260 e. The van der Waals surface area contributed by atoms with Gasteiger partial charge in [0.05, 0.1) is 31.0 Å². The van der Waals surface area contributed by atoms with E-state index < -0.39 is 0 Å². The number of fused-ring (bicyclic) bond motifs is 3. The van der Waals surface area contributed by atoms with Crippen LogP contribution in [0.2, 0.25) is 0 Å². The van der Waals surface area contributed by atoms with Crippen molar-refractivity contribution >= 4 is 28.6 Å². The number of carbonyl (C=O) groups excluding carboxylic acids is 1. The van der Waals surface area contributed by atoms with Crippen molar-refractivity contribution in [3.8, 4) is 11.5 Å². The summed E-state index contributed by atoms with van der Waals surface area (Å²) in [6.07, 6.45) is 1.50. The highest BCUT2D eigenvalue weighted by atomic mass is 16.5. The van der Waals surface area contributed by atoms with Gasteiger partial charge in [-0.1, -0.05) is 12.1 Å². The van der Waals surface area contributed by atoms with Gasteiger partial charge in [0.15, 0.2) is 11.5 Å². The van der Waals surface area contributed by atoms with Crippen molar-refractivity contribution in [1.29, 1.82) is 0 Å². The van der Waals surface area contributed by atoms with Gasteiger partial charge in [0.1, 0.15) is 0 Å². The molecule has 2 aromatic carbocycles. The fourth-order valence-corrected chi connectivity index (χ4v) is 2.77. The zero-order valence-corrected chi connectivity index (χ0v) is 13.2. The first kappa shape index (κ1) is 14.3. The molecule has 0 fully saturated rings. The molecule has 0 atom stereocenters. The first-order valence-corrected chi connectivity index (χ1v) is 7.39. The monoisotopic (exact) mass is 320 g/mol. The Hall–Kier alpha value is -3.28. The molecule has 6 nitrogen and oxygen atoms in total. The van der Waals surface area contributed by atoms with Crippen molar-refractivity contribution < 1.29 is 14.3 Å². The van der Waals surface area contributed by atoms with E-state index in [1.54, 1.807) is 26.4 Å². The van der Waals surface area contributed by atoms with Crippen LogP contribution in [-0.2, 0) is 0 Å². The molecule has 0 spiro atoms. The van der Waals surface area contributed by atoms with Gasteiger partial charge in [-0.05, 0) is 30.3 Å². The van der Waals surface area contributed by atoms with E-state index in [1.165, 1.54) is 10.6 Å². The highest BCUT2D eigenvalue weighted by Gasteiger charge is 2.24. The van der Waals surface area contributed by atoms with Crippen molar-refractivity contribution in [2.45, 2.75) is 0 Å². The number of aromatic nitrogens is 2. The van der Waals surface area contributed by atoms with Gasteiger partial charge in [-0.15, -0.1) is 0 Å². The van der Waals surface area contributed by atoms with Crippen molar-refractivity contribution in [3.63, 3.8) is 0 Å². The first-order chi connectivity index (χ1) is 11.7. The molecule has 0 aliphatic carbocycles. The molecule has 1 aromatic heterocycles. The molecule has 0 amide bonds. The number of carbonyl (C=O) groups is 1. The molecule has 4 rings (SSSR count). The Morgan fingerprint density at radius 1 is 1.00 bits per heavy atom. The second-order valence-corrected chi connectivity index (χ2v) is 5.29. The second-order valence-electron chi connectivity index (χ2n) is 5.29. The average Bonchev–Trinajstić information content (AvgIpc) is 2.99. The Labute approximate surface area is 138 Å². The Kier molecular flexibility index (Phi) is 3.23. The lowest BCUT2D eigenvalue weighted by Gasteiger charge is -2.16. The molecule has 119 valence electrons. The van der Waals surface area contributed by atoms with E-state index in [2.05, 4.69) is 10.3 Å². The number of ether oxygens (including phenoxy) is 2. The standard InChI is InChI=1S/C18H14N3O3/c1-23-15-8-7-11(9-16(15)24-2)13-10-17(22)21-14-6-4-3-5-12(14)19-18(21)20-13/h3-10H,1-2H3. The van der Waals surface area contributed by atoms with Crippen molar-refractivity contribution in [2.24, 2.45) is 0 Å². The molecule has 2 heterocycles. The zero-order chi connectivity index (χ0) is 16.7. The molecule has 3 aromatic rings. The van der Waals surface area contributed by atoms with Gasteiger partial charge in [0, 0.05) is 11.6 Å². The number of benzene rings is 2. The SMILES string of the molecule is COc1ccc(C2=CC(=O)n3c(nc4ccccc43)[N]2)cc1OC. The summed E-state index contributed by atoms with van der Waals surface area (Å²) in [5.74, 6) is 1.42. The summed E-state index contributed by atoms with van der Waals surface area (Å²) < 4.78 is 12.1. The minimum atomic E-state index is -0.168. The van der Waals surface area contributed by atoms with Crippen molar-refractivity contribution in [2.75, 3.05) is 14.2 Å². The number of nitrogens with zero attached hydrogens (tertiary/aromatic N) is 3. The normalized spacial score (nSPS) is 13.2. The molecular weight excluding hydrogens is 306 g/mol. The maximum Gasteiger partial charge on any atom is 0.260 e. The maximum absolute atomic E-state index is 12.6. The van der Waals surface area contributed by atoms with Crippen LogP contribution in [0.25, 0.3) is 16.7 Å². The van der Waals surface area contributed by atoms with Gasteiger partial charge in [0.25, 0.3) is 5.91 Å². The van der Waals surface area contributed by atoms with E-state index in [4.69, 9.17) is 9.47 Å². The number of allylic oxidation sites excluding steroid dienone is 1. The quantitative estimate of drug-likeness (QED) is 0.744. The van der Waals surface area contributed by atoms with E-state index in [-0.39, 0.29) is 5.91 Å². The van der Waals surface area contributed by atoms with E-state index in [1.807, 2.05) is 30.3 Å². The van der Waals surface area contributed by atoms with Gasteiger partial charge in [-0.3, -0.25) is 4.79 Å². The number of imidazole rings is 1. The predicted molar refractivity (Wildman–Crippen MR) is 89.7 cm³/mol. The van der Waals surface area contributed by atoms with Crippen LogP contribution < -0.4 is 14.8 Å². The summed E-state index contributed by atoms with van der Waals surface area (Å²) in [6, 6.07) is 12.9. The molecule has 24 heavy (non-hydrogen) atoms. The summed E-state index contributed by atoms with van der Waals surface area (Å²) in [5.41, 5.74) is 2.80. The fraction of sp³-hybridized carbons (Fsp3) is 0.111. The fourth-order valence-electron chi connectivity index (χ4n) is 2.77. The first-order valence-electron chi connectivity index (χ1n) is 7.39. The summed E-state index contributed by atoms with van der Waals surface area (Å²) in [7, 11) is 3.15. The molecule has 0 unspecified atom stereocenters. The summed E-state index contributed by atoms with van der Waals surface area (Å²) in [4.78, 5) is 17.0. The summed E-state index contributed by atoms with van der Waals surface area (Å²) >= 11 is 0. The summed E-state index contributed by atoms with van der Waals surface area (Å²) in [5, 5.41) is 4.53. The van der Waals surface area contributed by atoms with Gasteiger partial charge < -0.3 is 9.47 Å². The molecule has 6 heteroatoms. The van der Waals surface area contributed by atoms with Crippen LogP contribution in [-0.4, -0.2) is 29.7 Å². The molecule has 1 radical (unpaired) electrons. The van der Waals surface area contributed by atoms with Crippen LogP contribution in [0.4, 0.5) is 5.95 Å². The van der Waals surface area contributed by atoms with Crippen molar-refractivity contribution in [3.05, 3.63) is 54.1 Å². The number of hydrogen-bond donors (Lipinski definition) is 0. The molecular formula is C18H14N3O3. The third-order valence-corrected chi connectivity index (χ3v) is 3.92. The summed E-state index contributed by atoms with van der Waals surface area (Å²) in [6.45, 7) is 0. The second kappa shape index (κ2) is 5.42. The lowest BCUT2D eigenvalue weighted by molar-refractivity contribution is 0.0972. The van der Waals surface area contributed by atoms with Crippen LogP contribution in [0.15, 0.2) is 48.5 Å². The third-order valence-electron chi connectivity index (χ3n) is 3.92. The predicted octanol–water partition coefficient (Wildman–Crippen LogP) is 2.98. The minimum absolute atomic E-state index is 0.168. The largest absolute Gasteiger partial charge is 0.493 e. The van der Waals surface area contributed by atoms with Crippen LogP contribution in [0.5, 0.6) is 11.5 Å². The van der Waals surface area contributed by atoms with Gasteiger partial charge in [-0.2, -0.15) is 0 Å². The highest BCUT2D eigenvalue weighted by Crippen LogP contribution is 2.33. The molecule has 0 saturated heterocycles. The lowest BCUT2D eigenvalue weighted by Crippen LogP contribution is -2.18. The van der Waals surface area contributed by atoms with Crippen LogP contribution in [0, 0.1) is 0 Å². The molecule has 1 aliphatic rings. The Morgan fingerprint density at radius 2 is 1.79 bits per heavy atom. The minimum Gasteiger partial charge on any atom is -0.493 e. The average molecular weight is 320 g/mol. The van der Waals surface area contributed by atoms with Gasteiger partial charge in [-0.25, -0.2) is 14.9 Å². The highest BCUT2D eigenvalue weighted by molar-refractivity contribution is 6.05. The molecule has 0 N–H and O–H groups in total. The Morgan fingerprint density at radius 3 is 2.58 bits per heavy atom. The number of methoxy groups -OCH3 is 2. The maximum atomic E-state index is 12.6. The Balaban J connectivity index is 1.78. The van der Waals surface area contributed by atoms with Crippen LogP contribution in [0.1, 0.15) is 10.4 Å². The van der Waals surface area contributed by atoms with Crippen LogP contribution >= 0.6 is 0 Å². The van der Waals surface area contributed by atoms with E-state index >= 15 is 0 Å². The van der Waals surface area contributed by atoms with E-state index in [9.17, 15) is 4.79 Å². The number of rotatable bonds is 3. The van der Waals surface area contributed by atoms with Gasteiger partial charge >= 0.3 is 0 Å². The van der Waals surface area contributed by atoms with Gasteiger partial charge in [0.2, 0.25) is 5.95 Å². The molecule has 0 bridgehead atoms.